The second-order valence-corrected chi connectivity index (χ2v) is 1.86. The van der Waals surface area contributed by atoms with Gasteiger partial charge in [0.2, 0.25) is 11.6 Å². The molecule has 0 aliphatic carbocycles. The van der Waals surface area contributed by atoms with Crippen LogP contribution in [-0.4, -0.2) is 24.2 Å². The molecule has 0 aromatic heterocycles. The Kier molecular flexibility index (Phi) is 3.29. The first kappa shape index (κ1) is 11.0. The van der Waals surface area contributed by atoms with Gasteiger partial charge in [-0.2, -0.15) is 13.2 Å². The largest absolute Gasteiger partial charge is 0.450 e. The summed E-state index contributed by atoms with van der Waals surface area (Å²) in [5, 5.41) is 0. The second-order valence-electron chi connectivity index (χ2n) is 1.86. The Balaban J connectivity index is 4.12. The Labute approximate surface area is 63.3 Å². The van der Waals surface area contributed by atoms with Gasteiger partial charge in [0.25, 0.3) is 6.43 Å². The van der Waals surface area contributed by atoms with Gasteiger partial charge in [-0.1, -0.05) is 0 Å². The minimum absolute atomic E-state index is 1.79. The number of carbonyl (C=O) groups excluding carboxylic acids is 2. The van der Waals surface area contributed by atoms with E-state index in [0.717, 1.165) is 0 Å². The fourth-order valence-corrected chi connectivity index (χ4v) is 0.336. The van der Waals surface area contributed by atoms with Gasteiger partial charge in [-0.25, -0.2) is 8.78 Å². The van der Waals surface area contributed by atoms with Gasteiger partial charge in [0.15, 0.2) is 0 Å². The zero-order chi connectivity index (χ0) is 9.94. The molecule has 0 aliphatic heterocycles. The number of hydrogen-bond acceptors (Lipinski definition) is 2. The number of carbonyl (C=O) groups is 2. The van der Waals surface area contributed by atoms with E-state index in [-0.39, 0.29) is 0 Å². The lowest BCUT2D eigenvalue weighted by Crippen LogP contribution is -2.27. The van der Waals surface area contributed by atoms with Gasteiger partial charge in [-0.3, -0.25) is 9.59 Å². The van der Waals surface area contributed by atoms with Crippen LogP contribution in [0.15, 0.2) is 0 Å². The lowest BCUT2D eigenvalue weighted by Gasteiger charge is -2.02. The maximum atomic E-state index is 11.3. The fourth-order valence-electron chi connectivity index (χ4n) is 0.336. The normalized spacial score (nSPS) is 11.8. The van der Waals surface area contributed by atoms with E-state index in [0.29, 0.717) is 0 Å². The van der Waals surface area contributed by atoms with Crippen LogP contribution in [0.1, 0.15) is 6.42 Å². The molecule has 0 bridgehead atoms. The monoisotopic (exact) mass is 190 g/mol. The molecular weight excluding hydrogens is 187 g/mol. The Morgan fingerprint density at radius 1 is 1.17 bits per heavy atom. The molecule has 0 rings (SSSR count). The van der Waals surface area contributed by atoms with Gasteiger partial charge in [0.1, 0.15) is 0 Å². The van der Waals surface area contributed by atoms with E-state index in [9.17, 15) is 31.5 Å². The summed E-state index contributed by atoms with van der Waals surface area (Å²) >= 11 is 0. The van der Waals surface area contributed by atoms with Crippen molar-refractivity contribution in [2.75, 3.05) is 0 Å². The highest BCUT2D eigenvalue weighted by atomic mass is 19.4. The fraction of sp³-hybridized carbons (Fsp3) is 0.600. The van der Waals surface area contributed by atoms with E-state index in [1.165, 1.54) is 0 Å². The van der Waals surface area contributed by atoms with Crippen molar-refractivity contribution in [3.05, 3.63) is 0 Å². The first-order valence-electron chi connectivity index (χ1n) is 2.66. The summed E-state index contributed by atoms with van der Waals surface area (Å²) in [5.41, 5.74) is 0. The summed E-state index contributed by atoms with van der Waals surface area (Å²) < 4.78 is 56.6. The highest BCUT2D eigenvalue weighted by Gasteiger charge is 2.40. The maximum absolute atomic E-state index is 11.3. The number of alkyl halides is 5. The van der Waals surface area contributed by atoms with Crippen LogP contribution < -0.4 is 0 Å². The van der Waals surface area contributed by atoms with Crippen molar-refractivity contribution in [3.63, 3.8) is 0 Å². The molecule has 0 heterocycles. The van der Waals surface area contributed by atoms with E-state index < -0.39 is 30.6 Å². The highest BCUT2D eigenvalue weighted by molar-refractivity contribution is 6.02. The molecule has 0 N–H and O–H groups in total. The third kappa shape index (κ3) is 3.40. The number of Topliss-reactive ketones (excluding diaryl/α,β-unsaturated/α-hetero) is 2. The first-order chi connectivity index (χ1) is 5.25. The first-order valence-corrected chi connectivity index (χ1v) is 2.66. The third-order valence-electron chi connectivity index (χ3n) is 0.894. The van der Waals surface area contributed by atoms with E-state index in [2.05, 4.69) is 0 Å². The van der Waals surface area contributed by atoms with Crippen LogP contribution >= 0.6 is 0 Å². The van der Waals surface area contributed by atoms with Gasteiger partial charge in [0.05, 0.1) is 6.42 Å². The molecule has 70 valence electrons. The van der Waals surface area contributed by atoms with Crippen LogP contribution in [0, 0.1) is 0 Å². The van der Waals surface area contributed by atoms with Crippen LogP contribution in [-0.2, 0) is 9.59 Å². The summed E-state index contributed by atoms with van der Waals surface area (Å²) in [7, 11) is 0. The van der Waals surface area contributed by atoms with Crippen LogP contribution in [0.4, 0.5) is 22.0 Å². The molecule has 0 unspecified atom stereocenters. The molecule has 0 aromatic rings. The zero-order valence-corrected chi connectivity index (χ0v) is 5.49. The van der Waals surface area contributed by atoms with Crippen molar-refractivity contribution in [1.29, 1.82) is 0 Å². The SMILES string of the molecule is O=C(CC(=O)C(F)(F)F)C(F)F. The molecular formula is C5H3F5O2. The number of rotatable bonds is 3. The molecule has 0 amide bonds. The predicted octanol–water partition coefficient (Wildman–Crippen LogP) is 1.34. The molecule has 0 aliphatic rings. The molecule has 0 fully saturated rings. The van der Waals surface area contributed by atoms with Crippen LogP contribution in [0.3, 0.4) is 0 Å². The average molecular weight is 190 g/mol. The Morgan fingerprint density at radius 2 is 1.58 bits per heavy atom. The van der Waals surface area contributed by atoms with Crippen molar-refractivity contribution >= 4 is 11.6 Å². The minimum atomic E-state index is -5.22. The van der Waals surface area contributed by atoms with E-state index in [4.69, 9.17) is 0 Å². The molecule has 0 spiro atoms. The summed E-state index contributed by atoms with van der Waals surface area (Å²) in [6.45, 7) is 0. The predicted molar refractivity (Wildman–Crippen MR) is 26.7 cm³/mol. The van der Waals surface area contributed by atoms with Gasteiger partial charge < -0.3 is 0 Å². The lowest BCUT2D eigenvalue weighted by atomic mass is 10.2. The maximum Gasteiger partial charge on any atom is 0.450 e. The topological polar surface area (TPSA) is 34.1 Å². The molecule has 0 aromatic carbocycles. The third-order valence-corrected chi connectivity index (χ3v) is 0.894. The number of hydrogen-bond donors (Lipinski definition) is 0. The molecule has 7 heteroatoms. The Morgan fingerprint density at radius 3 is 1.83 bits per heavy atom. The highest BCUT2D eigenvalue weighted by Crippen LogP contribution is 2.18. The smallest absolute Gasteiger partial charge is 0.293 e. The number of halogens is 5. The number of ketones is 2. The van der Waals surface area contributed by atoms with Crippen molar-refractivity contribution in [1.82, 2.24) is 0 Å². The van der Waals surface area contributed by atoms with Crippen molar-refractivity contribution < 1.29 is 31.5 Å². The molecule has 0 saturated heterocycles. The summed E-state index contributed by atoms with van der Waals surface area (Å²) in [6, 6.07) is 0. The van der Waals surface area contributed by atoms with Crippen molar-refractivity contribution in [2.45, 2.75) is 19.0 Å². The second kappa shape index (κ2) is 3.59. The van der Waals surface area contributed by atoms with E-state index >= 15 is 0 Å². The van der Waals surface area contributed by atoms with Crippen LogP contribution in [0.25, 0.3) is 0 Å². The van der Waals surface area contributed by atoms with Gasteiger partial charge in [0, 0.05) is 0 Å². The molecule has 0 saturated carbocycles. The standard InChI is InChI=1S/C5H3F5O2/c6-4(7)2(11)1-3(12)5(8,9)10/h4H,1H2. The zero-order valence-electron chi connectivity index (χ0n) is 5.49. The summed E-state index contributed by atoms with van der Waals surface area (Å²) in [6.07, 6.45) is -10.5. The Hall–Kier alpha value is -1.01. The van der Waals surface area contributed by atoms with Gasteiger partial charge in [-0.05, 0) is 0 Å². The molecule has 12 heavy (non-hydrogen) atoms. The quantitative estimate of drug-likeness (QED) is 0.497. The van der Waals surface area contributed by atoms with Gasteiger partial charge in [-0.15, -0.1) is 0 Å². The van der Waals surface area contributed by atoms with Gasteiger partial charge >= 0.3 is 6.18 Å². The molecule has 0 radical (unpaired) electrons. The minimum Gasteiger partial charge on any atom is -0.293 e. The van der Waals surface area contributed by atoms with Crippen LogP contribution in [0.2, 0.25) is 0 Å². The van der Waals surface area contributed by atoms with Crippen molar-refractivity contribution in [2.24, 2.45) is 0 Å². The van der Waals surface area contributed by atoms with E-state index in [1.807, 2.05) is 0 Å². The van der Waals surface area contributed by atoms with Crippen LogP contribution in [0.5, 0.6) is 0 Å². The average Bonchev–Trinajstić information content (AvgIpc) is 1.85. The Bertz CT molecular complexity index is 195. The molecule has 0 atom stereocenters. The lowest BCUT2D eigenvalue weighted by molar-refractivity contribution is -0.172. The van der Waals surface area contributed by atoms with Crippen molar-refractivity contribution in [3.8, 4) is 0 Å². The molecule has 2 nitrogen and oxygen atoms in total. The summed E-state index contributed by atoms with van der Waals surface area (Å²) in [5.74, 6) is -4.47. The van der Waals surface area contributed by atoms with E-state index in [1.54, 1.807) is 0 Å². The summed E-state index contributed by atoms with van der Waals surface area (Å²) in [4.78, 5) is 19.8.